The van der Waals surface area contributed by atoms with Crippen LogP contribution >= 0.6 is 11.3 Å². The summed E-state index contributed by atoms with van der Waals surface area (Å²) >= 11 is 1.44. The number of nitrogens with two attached hydrogens (primary N) is 1. The molecule has 0 saturated heterocycles. The second kappa shape index (κ2) is 4.31. The van der Waals surface area contributed by atoms with Gasteiger partial charge < -0.3 is 16.0 Å². The van der Waals surface area contributed by atoms with Gasteiger partial charge in [-0.1, -0.05) is 18.3 Å². The fourth-order valence-corrected chi connectivity index (χ4v) is 1.97. The van der Waals surface area contributed by atoms with Crippen molar-refractivity contribution in [2.75, 3.05) is 11.1 Å². The van der Waals surface area contributed by atoms with E-state index in [4.69, 9.17) is 5.73 Å². The topological polar surface area (TPSA) is 79.6 Å². The number of aromatic nitrogens is 3. The van der Waals surface area contributed by atoms with Gasteiger partial charge in [0.25, 0.3) is 0 Å². The van der Waals surface area contributed by atoms with Crippen LogP contribution in [0.1, 0.15) is 25.2 Å². The highest BCUT2D eigenvalue weighted by atomic mass is 32.1. The molecular weight excluding hydrogens is 210 g/mol. The molecule has 0 bridgehead atoms. The highest BCUT2D eigenvalue weighted by Crippen LogP contribution is 2.25. The summed E-state index contributed by atoms with van der Waals surface area (Å²) in [5.74, 6) is 0.922. The zero-order valence-corrected chi connectivity index (χ0v) is 9.21. The molecule has 0 radical (unpaired) electrons. The van der Waals surface area contributed by atoms with Crippen molar-refractivity contribution in [3.8, 4) is 0 Å². The summed E-state index contributed by atoms with van der Waals surface area (Å²) in [5, 5.41) is 4.83. The molecule has 5 nitrogen and oxygen atoms in total. The van der Waals surface area contributed by atoms with Crippen LogP contribution in [0, 0.1) is 0 Å². The maximum atomic E-state index is 5.61. The Balaban J connectivity index is 2.09. The van der Waals surface area contributed by atoms with Gasteiger partial charge in [-0.15, -0.1) is 0 Å². The van der Waals surface area contributed by atoms with E-state index in [0.717, 1.165) is 17.4 Å². The number of aromatic amines is 1. The minimum atomic E-state index is 0.158. The van der Waals surface area contributed by atoms with Crippen molar-refractivity contribution in [2.45, 2.75) is 19.4 Å². The average molecular weight is 223 g/mol. The number of rotatable bonds is 4. The smallest absolute Gasteiger partial charge is 0.185 e. The zero-order valence-electron chi connectivity index (χ0n) is 8.40. The van der Waals surface area contributed by atoms with Gasteiger partial charge in [0.1, 0.15) is 10.8 Å². The van der Waals surface area contributed by atoms with Crippen molar-refractivity contribution in [3.05, 3.63) is 24.4 Å². The van der Waals surface area contributed by atoms with Crippen molar-refractivity contribution in [1.29, 1.82) is 0 Å². The number of nitrogen functional groups attached to an aromatic ring is 1. The highest BCUT2D eigenvalue weighted by molar-refractivity contribution is 7.19. The predicted molar refractivity (Wildman–Crippen MR) is 61.8 cm³/mol. The highest BCUT2D eigenvalue weighted by Gasteiger charge is 2.12. The van der Waals surface area contributed by atoms with Gasteiger partial charge >= 0.3 is 0 Å². The van der Waals surface area contributed by atoms with E-state index in [2.05, 4.69) is 27.2 Å². The number of thiazole rings is 1. The van der Waals surface area contributed by atoms with Crippen molar-refractivity contribution in [2.24, 2.45) is 0 Å². The molecule has 1 atom stereocenters. The summed E-state index contributed by atoms with van der Waals surface area (Å²) in [6.45, 7) is 2.09. The van der Waals surface area contributed by atoms with E-state index in [-0.39, 0.29) is 6.04 Å². The second-order valence-electron chi connectivity index (χ2n) is 3.15. The summed E-state index contributed by atoms with van der Waals surface area (Å²) < 4.78 is 0. The van der Waals surface area contributed by atoms with Crippen LogP contribution in [0.25, 0.3) is 0 Å². The summed E-state index contributed by atoms with van der Waals surface area (Å²) in [5.41, 5.74) is 5.61. The van der Waals surface area contributed by atoms with Crippen LogP contribution in [0.5, 0.6) is 0 Å². The molecule has 80 valence electrons. The van der Waals surface area contributed by atoms with Gasteiger partial charge in [0.15, 0.2) is 5.13 Å². The van der Waals surface area contributed by atoms with Gasteiger partial charge in [0.2, 0.25) is 0 Å². The van der Waals surface area contributed by atoms with E-state index in [1.807, 2.05) is 6.20 Å². The molecule has 2 aromatic rings. The Kier molecular flexibility index (Phi) is 2.86. The molecule has 0 aromatic carbocycles. The summed E-state index contributed by atoms with van der Waals surface area (Å²) in [7, 11) is 0. The first-order valence-electron chi connectivity index (χ1n) is 4.76. The molecule has 2 aromatic heterocycles. The van der Waals surface area contributed by atoms with Gasteiger partial charge in [-0.3, -0.25) is 0 Å². The van der Waals surface area contributed by atoms with Crippen molar-refractivity contribution >= 4 is 21.5 Å². The molecule has 6 heteroatoms. The number of hydrogen-bond donors (Lipinski definition) is 3. The van der Waals surface area contributed by atoms with E-state index < -0.39 is 0 Å². The monoisotopic (exact) mass is 223 g/mol. The first-order valence-corrected chi connectivity index (χ1v) is 5.58. The van der Waals surface area contributed by atoms with Crippen LogP contribution in [0.2, 0.25) is 0 Å². The summed E-state index contributed by atoms with van der Waals surface area (Å²) in [6.07, 6.45) is 6.15. The van der Waals surface area contributed by atoms with Gasteiger partial charge in [-0.05, 0) is 6.42 Å². The lowest BCUT2D eigenvalue weighted by Crippen LogP contribution is -2.10. The van der Waals surface area contributed by atoms with E-state index in [1.165, 1.54) is 11.3 Å². The number of anilines is 2. The quantitative estimate of drug-likeness (QED) is 0.740. The lowest BCUT2D eigenvalue weighted by atomic mass is 10.2. The molecule has 0 aliphatic carbocycles. The molecule has 1 unspecified atom stereocenters. The summed E-state index contributed by atoms with van der Waals surface area (Å²) in [4.78, 5) is 11.5. The van der Waals surface area contributed by atoms with Crippen molar-refractivity contribution in [3.63, 3.8) is 0 Å². The molecule has 0 aliphatic rings. The van der Waals surface area contributed by atoms with Crippen LogP contribution in [0.4, 0.5) is 10.1 Å². The third kappa shape index (κ3) is 2.27. The van der Waals surface area contributed by atoms with Gasteiger partial charge in [-0.2, -0.15) is 0 Å². The number of hydrogen-bond acceptors (Lipinski definition) is 5. The lowest BCUT2D eigenvalue weighted by Gasteiger charge is -2.12. The van der Waals surface area contributed by atoms with Gasteiger partial charge in [0.05, 0.1) is 12.2 Å². The van der Waals surface area contributed by atoms with Crippen LogP contribution in [0.15, 0.2) is 18.6 Å². The third-order valence-electron chi connectivity index (χ3n) is 2.08. The number of nitrogens with one attached hydrogen (secondary N) is 2. The molecule has 0 aliphatic heterocycles. The third-order valence-corrected chi connectivity index (χ3v) is 2.84. The molecule has 0 saturated carbocycles. The average Bonchev–Trinajstić information content (AvgIpc) is 2.85. The Hall–Kier alpha value is -1.56. The summed E-state index contributed by atoms with van der Waals surface area (Å²) in [6, 6.07) is 0.158. The largest absolute Gasteiger partial charge is 0.389 e. The minimum absolute atomic E-state index is 0.158. The van der Waals surface area contributed by atoms with Gasteiger partial charge in [0, 0.05) is 12.4 Å². The lowest BCUT2D eigenvalue weighted by molar-refractivity contribution is 0.703. The van der Waals surface area contributed by atoms with E-state index in [1.54, 1.807) is 12.4 Å². The predicted octanol–water partition coefficient (Wildman–Crippen LogP) is 2.01. The normalized spacial score (nSPS) is 12.6. The first-order chi connectivity index (χ1) is 7.29. The van der Waals surface area contributed by atoms with Crippen LogP contribution < -0.4 is 11.1 Å². The maximum absolute atomic E-state index is 5.61. The van der Waals surface area contributed by atoms with E-state index >= 15 is 0 Å². The fraction of sp³-hybridized carbons (Fsp3) is 0.333. The van der Waals surface area contributed by atoms with Gasteiger partial charge in [-0.25, -0.2) is 9.97 Å². The molecule has 0 amide bonds. The fourth-order valence-electron chi connectivity index (χ4n) is 1.33. The van der Waals surface area contributed by atoms with Crippen molar-refractivity contribution in [1.82, 2.24) is 15.0 Å². The standard InChI is InChI=1S/C9H13N5S/c1-2-6(8-11-3-4-12-8)14-9-13-5-7(10)15-9/h3-6H,2,10H2,1H3,(H,11,12)(H,13,14). The maximum Gasteiger partial charge on any atom is 0.185 e. The minimum Gasteiger partial charge on any atom is -0.389 e. The van der Waals surface area contributed by atoms with Crippen LogP contribution in [-0.2, 0) is 0 Å². The molecule has 0 fully saturated rings. The first kappa shape index (κ1) is 9.97. The van der Waals surface area contributed by atoms with E-state index in [0.29, 0.717) is 5.00 Å². The molecule has 15 heavy (non-hydrogen) atoms. The Bertz CT molecular complexity index is 408. The van der Waals surface area contributed by atoms with E-state index in [9.17, 15) is 0 Å². The number of nitrogens with zero attached hydrogens (tertiary/aromatic N) is 2. The zero-order chi connectivity index (χ0) is 10.7. The second-order valence-corrected chi connectivity index (χ2v) is 4.21. The SMILES string of the molecule is CCC(Nc1ncc(N)s1)c1ncc[nH]1. The molecule has 4 N–H and O–H groups in total. The Labute approximate surface area is 91.8 Å². The Morgan fingerprint density at radius 3 is 3.00 bits per heavy atom. The molecular formula is C9H13N5S. The number of imidazole rings is 1. The Morgan fingerprint density at radius 2 is 2.47 bits per heavy atom. The molecule has 0 spiro atoms. The Morgan fingerprint density at radius 1 is 1.60 bits per heavy atom. The van der Waals surface area contributed by atoms with Crippen LogP contribution in [-0.4, -0.2) is 15.0 Å². The molecule has 2 rings (SSSR count). The molecule has 2 heterocycles. The van der Waals surface area contributed by atoms with Crippen LogP contribution in [0.3, 0.4) is 0 Å². The van der Waals surface area contributed by atoms with Crippen molar-refractivity contribution < 1.29 is 0 Å². The number of H-pyrrole nitrogens is 1.